The highest BCUT2D eigenvalue weighted by molar-refractivity contribution is 6.06. The van der Waals surface area contributed by atoms with Crippen LogP contribution >= 0.6 is 0 Å². The molecule has 13 heteroatoms. The molecule has 0 bridgehead atoms. The maximum absolute atomic E-state index is 12.9. The average molecular weight is 666 g/mol. The molecule has 0 spiro atoms. The zero-order valence-electron chi connectivity index (χ0n) is 26.8. The lowest BCUT2D eigenvalue weighted by molar-refractivity contribution is 0.0973. The third-order valence-electron chi connectivity index (χ3n) is 8.33. The topological polar surface area (TPSA) is 171 Å². The Kier molecular flexibility index (Phi) is 9.10. The monoisotopic (exact) mass is 665 g/mol. The highest BCUT2D eigenvalue weighted by Gasteiger charge is 2.29. The maximum Gasteiger partial charge on any atom is 0.278 e. The van der Waals surface area contributed by atoms with E-state index in [-0.39, 0.29) is 22.9 Å². The summed E-state index contributed by atoms with van der Waals surface area (Å²) in [5.74, 6) is 1.15. The molecule has 0 unspecified atom stereocenters. The van der Waals surface area contributed by atoms with Crippen LogP contribution in [0, 0.1) is 0 Å². The van der Waals surface area contributed by atoms with Crippen molar-refractivity contribution in [2.75, 3.05) is 22.9 Å². The Bertz CT molecular complexity index is 2100. The predicted octanol–water partition coefficient (Wildman–Crippen LogP) is 4.24. The first kappa shape index (κ1) is 31.9. The Morgan fingerprint density at radius 3 is 1.52 bits per heavy atom. The van der Waals surface area contributed by atoms with Crippen molar-refractivity contribution in [1.82, 2.24) is 34.9 Å². The van der Waals surface area contributed by atoms with Crippen LogP contribution in [0.25, 0.3) is 23.0 Å². The van der Waals surface area contributed by atoms with Gasteiger partial charge < -0.3 is 9.97 Å². The molecule has 50 heavy (non-hydrogen) atoms. The smallest absolute Gasteiger partial charge is 0.278 e. The third kappa shape index (κ3) is 6.56. The molecule has 8 rings (SSSR count). The largest absolute Gasteiger partial charge is 0.305 e. The van der Waals surface area contributed by atoms with E-state index in [9.17, 15) is 19.2 Å². The number of hydrogen-bond acceptors (Lipinski definition) is 9. The minimum atomic E-state index is -0.258. The standard InChI is InChI=1S/C19H16N4O2.C18H15N5O2/c24-18-14-9-6-12-23(19(25)13-7-2-1-3-8-13)17(14)21-16(22-18)15-10-4-5-11-20-15;24-17-12-6-5-11-23(18(25)14-8-2-4-10-20-14)16(12)21-15(22-17)13-7-1-3-9-19-13/h1-5,7-8,10-11H,6,9,12H2,(H,21,22,24);1-4,7-10H,5-6,11H2,(H,21,22,24). The zero-order chi connectivity index (χ0) is 34.5. The number of hydrogen-bond donors (Lipinski definition) is 2. The minimum Gasteiger partial charge on any atom is -0.305 e. The second kappa shape index (κ2) is 14.2. The highest BCUT2D eigenvalue weighted by atomic mass is 16.2. The molecule has 0 saturated heterocycles. The number of H-pyrrole nitrogens is 2. The number of rotatable bonds is 4. The number of aromatic nitrogens is 7. The van der Waals surface area contributed by atoms with Gasteiger partial charge in [-0.25, -0.2) is 9.97 Å². The van der Waals surface area contributed by atoms with E-state index in [2.05, 4.69) is 34.9 Å². The lowest BCUT2D eigenvalue weighted by Crippen LogP contribution is -2.39. The van der Waals surface area contributed by atoms with E-state index in [1.165, 1.54) is 4.90 Å². The van der Waals surface area contributed by atoms with Crippen LogP contribution in [0.1, 0.15) is 44.8 Å². The van der Waals surface area contributed by atoms with E-state index in [1.807, 2.05) is 30.3 Å². The number of nitrogens with one attached hydrogen (secondary N) is 2. The molecule has 2 aliphatic rings. The summed E-state index contributed by atoms with van der Waals surface area (Å²) in [5.41, 5.74) is 2.66. The Hall–Kier alpha value is -6.63. The van der Waals surface area contributed by atoms with Crippen LogP contribution in [-0.4, -0.2) is 59.8 Å². The number of amides is 2. The molecule has 248 valence electrons. The molecule has 1 aromatic carbocycles. The van der Waals surface area contributed by atoms with Crippen molar-refractivity contribution in [2.45, 2.75) is 25.7 Å². The summed E-state index contributed by atoms with van der Waals surface area (Å²) in [6.07, 6.45) is 7.49. The number of carbonyl (C=O) groups excluding carboxylic acids is 2. The fourth-order valence-electron chi connectivity index (χ4n) is 5.92. The Morgan fingerprint density at radius 2 is 1.04 bits per heavy atom. The molecule has 0 saturated carbocycles. The molecule has 5 aromatic heterocycles. The summed E-state index contributed by atoms with van der Waals surface area (Å²) >= 11 is 0. The van der Waals surface area contributed by atoms with Crippen LogP contribution in [0.4, 0.5) is 11.6 Å². The molecule has 0 radical (unpaired) electrons. The van der Waals surface area contributed by atoms with Gasteiger partial charge in [0.25, 0.3) is 22.9 Å². The Morgan fingerprint density at radius 1 is 0.560 bits per heavy atom. The molecule has 2 aliphatic heterocycles. The summed E-state index contributed by atoms with van der Waals surface area (Å²) in [4.78, 5) is 81.0. The lowest BCUT2D eigenvalue weighted by Gasteiger charge is -2.28. The summed E-state index contributed by atoms with van der Waals surface area (Å²) in [7, 11) is 0. The molecule has 7 heterocycles. The van der Waals surface area contributed by atoms with Crippen LogP contribution in [-0.2, 0) is 12.8 Å². The minimum absolute atomic E-state index is 0.147. The number of nitrogens with zero attached hydrogens (tertiary/aromatic N) is 7. The van der Waals surface area contributed by atoms with Crippen molar-refractivity contribution in [3.8, 4) is 23.0 Å². The van der Waals surface area contributed by atoms with Crippen molar-refractivity contribution in [2.24, 2.45) is 0 Å². The Balaban J connectivity index is 0.000000157. The zero-order valence-corrected chi connectivity index (χ0v) is 26.8. The molecule has 0 atom stereocenters. The van der Waals surface area contributed by atoms with Gasteiger partial charge in [0.05, 0.1) is 11.1 Å². The van der Waals surface area contributed by atoms with Crippen molar-refractivity contribution in [3.63, 3.8) is 0 Å². The molecule has 0 aliphatic carbocycles. The molecule has 6 aromatic rings. The van der Waals surface area contributed by atoms with Gasteiger partial charge in [0, 0.05) is 37.2 Å². The van der Waals surface area contributed by atoms with E-state index < -0.39 is 0 Å². The van der Waals surface area contributed by atoms with Gasteiger partial charge in [-0.1, -0.05) is 36.4 Å². The normalized spacial score (nSPS) is 13.4. The number of anilines is 2. The lowest BCUT2D eigenvalue weighted by atomic mass is 10.1. The van der Waals surface area contributed by atoms with Crippen molar-refractivity contribution >= 4 is 23.5 Å². The van der Waals surface area contributed by atoms with Gasteiger partial charge in [-0.3, -0.25) is 43.9 Å². The predicted molar refractivity (Wildman–Crippen MR) is 187 cm³/mol. The molecule has 13 nitrogen and oxygen atoms in total. The second-order valence-corrected chi connectivity index (χ2v) is 11.6. The highest BCUT2D eigenvalue weighted by Crippen LogP contribution is 2.27. The first-order valence-corrected chi connectivity index (χ1v) is 16.2. The SMILES string of the molecule is O=C(c1ccccc1)N1CCCc2c1nc(-c1ccccn1)[nH]c2=O.O=C(c1ccccn1)N1CCCc2c1nc(-c1ccccn1)[nH]c2=O. The van der Waals surface area contributed by atoms with Gasteiger partial charge in [-0.2, -0.15) is 0 Å². The van der Waals surface area contributed by atoms with Gasteiger partial charge in [-0.15, -0.1) is 0 Å². The van der Waals surface area contributed by atoms with Gasteiger partial charge in [0.15, 0.2) is 11.6 Å². The van der Waals surface area contributed by atoms with Crippen LogP contribution in [0.15, 0.2) is 113 Å². The fourth-order valence-corrected chi connectivity index (χ4v) is 5.92. The molecule has 2 N–H and O–H groups in total. The van der Waals surface area contributed by atoms with Gasteiger partial charge in [0.2, 0.25) is 0 Å². The van der Waals surface area contributed by atoms with E-state index in [4.69, 9.17) is 0 Å². The van der Waals surface area contributed by atoms with Crippen LogP contribution in [0.2, 0.25) is 0 Å². The average Bonchev–Trinajstić information content (AvgIpc) is 3.18. The number of pyridine rings is 3. The molecule has 2 amide bonds. The van der Waals surface area contributed by atoms with Gasteiger partial charge in [0.1, 0.15) is 28.7 Å². The molecule has 0 fully saturated rings. The van der Waals surface area contributed by atoms with E-state index in [1.54, 1.807) is 78.1 Å². The summed E-state index contributed by atoms with van der Waals surface area (Å²) in [6.45, 7) is 1.04. The first-order valence-electron chi connectivity index (χ1n) is 16.2. The number of benzene rings is 1. The number of carbonyl (C=O) groups is 2. The molecular formula is C37H31N9O4. The van der Waals surface area contributed by atoms with E-state index in [0.717, 1.165) is 6.42 Å². The second-order valence-electron chi connectivity index (χ2n) is 11.6. The summed E-state index contributed by atoms with van der Waals surface area (Å²) < 4.78 is 0. The molecular weight excluding hydrogens is 634 g/mol. The number of fused-ring (bicyclic) bond motifs is 2. The first-order chi connectivity index (χ1) is 24.5. The van der Waals surface area contributed by atoms with Gasteiger partial charge >= 0.3 is 0 Å². The van der Waals surface area contributed by atoms with E-state index >= 15 is 0 Å². The Labute approximate surface area is 285 Å². The van der Waals surface area contributed by atoms with Crippen LogP contribution in [0.3, 0.4) is 0 Å². The summed E-state index contributed by atoms with van der Waals surface area (Å²) in [6, 6.07) is 25.0. The van der Waals surface area contributed by atoms with Crippen LogP contribution in [0.5, 0.6) is 0 Å². The van der Waals surface area contributed by atoms with E-state index in [0.29, 0.717) is 89.4 Å². The van der Waals surface area contributed by atoms with Crippen LogP contribution < -0.4 is 20.9 Å². The van der Waals surface area contributed by atoms with Crippen molar-refractivity contribution < 1.29 is 9.59 Å². The van der Waals surface area contributed by atoms with Crippen molar-refractivity contribution in [1.29, 1.82) is 0 Å². The summed E-state index contributed by atoms with van der Waals surface area (Å²) in [5, 5.41) is 0. The quantitative estimate of drug-likeness (QED) is 0.279. The van der Waals surface area contributed by atoms with Crippen molar-refractivity contribution in [3.05, 3.63) is 147 Å². The third-order valence-corrected chi connectivity index (χ3v) is 8.33. The fraction of sp³-hybridized carbons (Fsp3) is 0.162. The number of aromatic amines is 2. The maximum atomic E-state index is 12.9. The van der Waals surface area contributed by atoms with Gasteiger partial charge in [-0.05, 0) is 74.2 Å².